The molecule has 63 heavy (non-hydrogen) atoms. The molecule has 0 amide bonds. The monoisotopic (exact) mass is 804 g/mol. The zero-order valence-electron chi connectivity index (χ0n) is 33.9. The molecule has 3 N–H and O–H groups in total. The van der Waals surface area contributed by atoms with Gasteiger partial charge >= 0.3 is 0 Å². The van der Waals surface area contributed by atoms with Gasteiger partial charge in [0, 0.05) is 82.2 Å². The summed E-state index contributed by atoms with van der Waals surface area (Å²) in [4.78, 5) is 27.3. The average Bonchev–Trinajstić information content (AvgIpc) is 4.06. The molecule has 0 aliphatic carbocycles. The van der Waals surface area contributed by atoms with Crippen LogP contribution in [0, 0.1) is 0 Å². The van der Waals surface area contributed by atoms with Crippen molar-refractivity contribution in [3.63, 3.8) is 0 Å². The highest BCUT2D eigenvalue weighted by molar-refractivity contribution is 6.19. The first-order valence-electron chi connectivity index (χ1n) is 21.3. The van der Waals surface area contributed by atoms with E-state index in [4.69, 9.17) is 15.0 Å². The predicted octanol–water partition coefficient (Wildman–Crippen LogP) is 14.8. The number of aromatic amines is 3. The number of hydrogen-bond donors (Lipinski definition) is 3. The molecule has 13 aromatic rings. The maximum absolute atomic E-state index is 5.30. The summed E-state index contributed by atoms with van der Waals surface area (Å²) in [6.07, 6.45) is 0. The van der Waals surface area contributed by atoms with Crippen molar-refractivity contribution in [1.29, 1.82) is 0 Å². The maximum Gasteiger partial charge on any atom is 0.164 e. The van der Waals surface area contributed by atoms with Crippen molar-refractivity contribution < 1.29 is 0 Å². The van der Waals surface area contributed by atoms with Gasteiger partial charge in [0.15, 0.2) is 17.5 Å². The van der Waals surface area contributed by atoms with Gasteiger partial charge in [-0.2, -0.15) is 0 Å². The molecule has 0 radical (unpaired) electrons. The van der Waals surface area contributed by atoms with Crippen molar-refractivity contribution in [2.75, 3.05) is 0 Å². The minimum Gasteiger partial charge on any atom is -0.354 e. The highest BCUT2D eigenvalue weighted by atomic mass is 15.0. The number of benzene rings is 9. The van der Waals surface area contributed by atoms with E-state index in [9.17, 15) is 0 Å². The highest BCUT2D eigenvalue weighted by Gasteiger charge is 2.25. The van der Waals surface area contributed by atoms with Crippen LogP contribution >= 0.6 is 0 Å². The molecule has 13 rings (SSSR count). The van der Waals surface area contributed by atoms with Crippen LogP contribution in [0.15, 0.2) is 200 Å². The normalized spacial score (nSPS) is 11.8. The third-order valence-corrected chi connectivity index (χ3v) is 12.6. The van der Waals surface area contributed by atoms with E-state index in [2.05, 4.69) is 179 Å². The Hall–Kier alpha value is -8.61. The van der Waals surface area contributed by atoms with Gasteiger partial charge in [-0.1, -0.05) is 170 Å². The summed E-state index contributed by atoms with van der Waals surface area (Å²) < 4.78 is 0. The standard InChI is InChI=1S/C57H36N6/c1-3-16-34(17-4-1)55-61-56(35-18-5-2-6-19-35)63-57(62-55)36-32-46(43-26-13-23-40-37-20-7-10-29-48(37)58-52(40)43)51(45-28-15-25-42-39-22-9-12-31-50(39)60-54(42)45)47(33-36)44-27-14-24-41-38-21-8-11-30-49(38)59-53(41)44/h1-33,58-60H. The van der Waals surface area contributed by atoms with E-state index in [1.807, 2.05) is 36.4 Å². The van der Waals surface area contributed by atoms with Gasteiger partial charge in [0.05, 0.1) is 16.6 Å². The Morgan fingerprint density at radius 3 is 1.02 bits per heavy atom. The van der Waals surface area contributed by atoms with Crippen LogP contribution in [0.3, 0.4) is 0 Å². The van der Waals surface area contributed by atoms with Crippen molar-refractivity contribution >= 4 is 65.4 Å². The molecule has 6 heteroatoms. The Kier molecular flexibility index (Phi) is 7.80. The molecule has 0 unspecified atom stereocenters. The van der Waals surface area contributed by atoms with Crippen LogP contribution in [-0.4, -0.2) is 29.9 Å². The molecule has 4 heterocycles. The number of rotatable bonds is 6. The van der Waals surface area contributed by atoms with Crippen LogP contribution in [0.4, 0.5) is 0 Å². The fourth-order valence-electron chi connectivity index (χ4n) is 9.70. The molecule has 0 spiro atoms. The van der Waals surface area contributed by atoms with Crippen LogP contribution in [0.5, 0.6) is 0 Å². The fourth-order valence-corrected chi connectivity index (χ4v) is 9.70. The maximum atomic E-state index is 5.30. The molecule has 0 bridgehead atoms. The molecule has 0 fully saturated rings. The smallest absolute Gasteiger partial charge is 0.164 e. The number of nitrogens with zero attached hydrogens (tertiary/aromatic N) is 3. The summed E-state index contributed by atoms with van der Waals surface area (Å²) in [6.45, 7) is 0. The first kappa shape index (κ1) is 35.2. The van der Waals surface area contributed by atoms with Crippen LogP contribution in [0.1, 0.15) is 0 Å². The summed E-state index contributed by atoms with van der Waals surface area (Å²) in [5.74, 6) is 1.82. The molecule has 0 aliphatic heterocycles. The second kappa shape index (κ2) is 14.0. The topological polar surface area (TPSA) is 86.0 Å². The van der Waals surface area contributed by atoms with Crippen LogP contribution in [-0.2, 0) is 0 Å². The molecule has 294 valence electrons. The van der Waals surface area contributed by atoms with Crippen molar-refractivity contribution in [1.82, 2.24) is 29.9 Å². The lowest BCUT2D eigenvalue weighted by molar-refractivity contribution is 1.07. The van der Waals surface area contributed by atoms with Crippen molar-refractivity contribution in [2.45, 2.75) is 0 Å². The molecule has 0 aliphatic rings. The molecular weight excluding hydrogens is 769 g/mol. The zero-order valence-corrected chi connectivity index (χ0v) is 33.9. The molecule has 0 saturated heterocycles. The number of hydrogen-bond acceptors (Lipinski definition) is 3. The third-order valence-electron chi connectivity index (χ3n) is 12.6. The summed E-state index contributed by atoms with van der Waals surface area (Å²) in [5.41, 5.74) is 15.7. The predicted molar refractivity (Wildman–Crippen MR) is 261 cm³/mol. The van der Waals surface area contributed by atoms with E-state index < -0.39 is 0 Å². The highest BCUT2D eigenvalue weighted by Crippen LogP contribution is 2.49. The van der Waals surface area contributed by atoms with Crippen LogP contribution in [0.2, 0.25) is 0 Å². The van der Waals surface area contributed by atoms with Crippen LogP contribution < -0.4 is 0 Å². The summed E-state index contributed by atoms with van der Waals surface area (Å²) in [6, 6.07) is 70.6. The minimum absolute atomic E-state index is 0.591. The van der Waals surface area contributed by atoms with Gasteiger partial charge in [-0.3, -0.25) is 0 Å². The number of para-hydroxylation sites is 6. The number of fused-ring (bicyclic) bond motifs is 9. The number of aromatic nitrogens is 6. The van der Waals surface area contributed by atoms with E-state index in [-0.39, 0.29) is 0 Å². The van der Waals surface area contributed by atoms with Gasteiger partial charge in [0.1, 0.15) is 0 Å². The largest absolute Gasteiger partial charge is 0.354 e. The van der Waals surface area contributed by atoms with Gasteiger partial charge in [-0.15, -0.1) is 0 Å². The Balaban J connectivity index is 1.20. The lowest BCUT2D eigenvalue weighted by Crippen LogP contribution is -2.01. The quantitative estimate of drug-likeness (QED) is 0.156. The SMILES string of the molecule is c1ccc(-c2nc(-c3ccccc3)nc(-c3cc(-c4cccc5c4[nH]c4ccccc45)c(-c4cccc5c4[nH]c4ccccc45)c(-c4cccc5c4[nH]c4ccccc45)c3)n2)cc1. The lowest BCUT2D eigenvalue weighted by atomic mass is 9.84. The van der Waals surface area contributed by atoms with E-state index >= 15 is 0 Å². The third kappa shape index (κ3) is 5.62. The Labute approximate surface area is 361 Å². The fraction of sp³-hybridized carbons (Fsp3) is 0. The van der Waals surface area contributed by atoms with E-state index in [1.165, 1.54) is 32.3 Å². The average molecular weight is 805 g/mol. The van der Waals surface area contributed by atoms with E-state index in [0.717, 1.165) is 83.2 Å². The Morgan fingerprint density at radius 1 is 0.254 bits per heavy atom. The molecule has 0 saturated carbocycles. The zero-order chi connectivity index (χ0) is 41.4. The number of nitrogens with one attached hydrogen (secondary N) is 3. The van der Waals surface area contributed by atoms with E-state index in [0.29, 0.717) is 17.5 Å². The molecule has 0 atom stereocenters. The minimum atomic E-state index is 0.591. The van der Waals surface area contributed by atoms with Gasteiger partial charge in [0.2, 0.25) is 0 Å². The van der Waals surface area contributed by atoms with Gasteiger partial charge in [-0.05, 0) is 47.0 Å². The summed E-state index contributed by atoms with van der Waals surface area (Å²) in [5, 5.41) is 7.07. The second-order valence-corrected chi connectivity index (χ2v) is 16.2. The van der Waals surface area contributed by atoms with Crippen molar-refractivity contribution in [3.8, 4) is 67.5 Å². The van der Waals surface area contributed by atoms with Crippen molar-refractivity contribution in [3.05, 3.63) is 200 Å². The Morgan fingerprint density at radius 2 is 0.587 bits per heavy atom. The van der Waals surface area contributed by atoms with Crippen molar-refractivity contribution in [2.24, 2.45) is 0 Å². The molecule has 9 aromatic carbocycles. The number of H-pyrrole nitrogens is 3. The van der Waals surface area contributed by atoms with Gasteiger partial charge in [-0.25, -0.2) is 15.0 Å². The van der Waals surface area contributed by atoms with Crippen LogP contribution in [0.25, 0.3) is 133 Å². The van der Waals surface area contributed by atoms with Gasteiger partial charge in [0.25, 0.3) is 0 Å². The molecule has 6 nitrogen and oxygen atoms in total. The first-order valence-corrected chi connectivity index (χ1v) is 21.3. The lowest BCUT2D eigenvalue weighted by Gasteiger charge is -2.20. The molecular formula is C57H36N6. The van der Waals surface area contributed by atoms with Gasteiger partial charge < -0.3 is 15.0 Å². The molecule has 4 aromatic heterocycles. The first-order chi connectivity index (χ1) is 31.2. The second-order valence-electron chi connectivity index (χ2n) is 16.2. The summed E-state index contributed by atoms with van der Waals surface area (Å²) >= 11 is 0. The Bertz CT molecular complexity index is 3720. The summed E-state index contributed by atoms with van der Waals surface area (Å²) in [7, 11) is 0. The van der Waals surface area contributed by atoms with E-state index in [1.54, 1.807) is 0 Å².